The number of anilines is 1. The number of benzene rings is 3. The molecule has 1 aromatic heterocycles. The van der Waals surface area contributed by atoms with E-state index in [-0.39, 0.29) is 11.3 Å². The Morgan fingerprint density at radius 3 is 2.46 bits per heavy atom. The molecule has 9 heteroatoms. The van der Waals surface area contributed by atoms with Crippen molar-refractivity contribution in [3.8, 4) is 11.5 Å². The molecule has 3 aromatic carbocycles. The molecule has 7 nitrogen and oxygen atoms in total. The molecule has 1 N–H and O–H groups in total. The highest BCUT2D eigenvalue weighted by molar-refractivity contribution is 7.22. The van der Waals surface area contributed by atoms with Crippen LogP contribution in [0.15, 0.2) is 85.0 Å². The summed E-state index contributed by atoms with van der Waals surface area (Å²) in [4.78, 5) is 32.9. The van der Waals surface area contributed by atoms with Gasteiger partial charge in [-0.3, -0.25) is 14.5 Å². The van der Waals surface area contributed by atoms with Crippen LogP contribution < -0.4 is 14.4 Å². The molecule has 2 heterocycles. The number of nitrogens with zero attached hydrogens (tertiary/aromatic N) is 2. The number of fused-ring (bicyclic) bond motifs is 1. The number of Topliss-reactive ketones (excluding diaryl/α,β-unsaturated/α-hetero) is 1. The van der Waals surface area contributed by atoms with Crippen molar-refractivity contribution in [2.45, 2.75) is 19.4 Å². The first kappa shape index (κ1) is 26.5. The number of halogens is 1. The Morgan fingerprint density at radius 2 is 1.77 bits per heavy atom. The van der Waals surface area contributed by atoms with Crippen LogP contribution in [0.25, 0.3) is 16.0 Å². The van der Waals surface area contributed by atoms with Crippen molar-refractivity contribution in [3.63, 3.8) is 0 Å². The first-order valence-corrected chi connectivity index (χ1v) is 13.5. The summed E-state index contributed by atoms with van der Waals surface area (Å²) in [5.74, 6) is -0.602. The summed E-state index contributed by atoms with van der Waals surface area (Å²) in [6.45, 7) is 6.57. The number of hydrogen-bond donors (Lipinski definition) is 1. The number of ether oxygens (including phenoxy) is 2. The second kappa shape index (κ2) is 11.3. The van der Waals surface area contributed by atoms with E-state index in [9.17, 15) is 14.7 Å². The summed E-state index contributed by atoms with van der Waals surface area (Å²) in [5.41, 5.74) is 1.63. The van der Waals surface area contributed by atoms with Gasteiger partial charge in [-0.25, -0.2) is 4.98 Å². The number of aliphatic hydroxyl groups is 1. The van der Waals surface area contributed by atoms with Gasteiger partial charge in [0.1, 0.15) is 23.9 Å². The highest BCUT2D eigenvalue weighted by atomic mass is 35.5. The minimum atomic E-state index is -0.912. The molecule has 1 amide bonds. The van der Waals surface area contributed by atoms with Gasteiger partial charge in [0.25, 0.3) is 5.78 Å². The maximum absolute atomic E-state index is 13.5. The molecule has 39 heavy (non-hydrogen) atoms. The molecule has 0 saturated carbocycles. The molecule has 1 aliphatic rings. The van der Waals surface area contributed by atoms with E-state index in [1.165, 1.54) is 16.2 Å². The zero-order valence-electron chi connectivity index (χ0n) is 21.1. The first-order chi connectivity index (χ1) is 18.9. The zero-order chi connectivity index (χ0) is 27.5. The van der Waals surface area contributed by atoms with Crippen molar-refractivity contribution in [1.29, 1.82) is 0 Å². The molecule has 1 aliphatic heterocycles. The lowest BCUT2D eigenvalue weighted by molar-refractivity contribution is -0.132. The summed E-state index contributed by atoms with van der Waals surface area (Å²) in [6, 6.07) is 18.1. The summed E-state index contributed by atoms with van der Waals surface area (Å²) in [7, 11) is 0. The van der Waals surface area contributed by atoms with Crippen molar-refractivity contribution < 1.29 is 24.2 Å². The van der Waals surface area contributed by atoms with Gasteiger partial charge in [0.05, 0.1) is 28.4 Å². The largest absolute Gasteiger partial charge is 0.507 e. The van der Waals surface area contributed by atoms with E-state index in [1.54, 1.807) is 72.8 Å². The number of aromatic nitrogens is 1. The fourth-order valence-corrected chi connectivity index (χ4v) is 5.59. The van der Waals surface area contributed by atoms with Crippen LogP contribution in [0.4, 0.5) is 5.13 Å². The Labute approximate surface area is 234 Å². The molecule has 198 valence electrons. The van der Waals surface area contributed by atoms with Crippen LogP contribution in [0.1, 0.15) is 30.5 Å². The summed E-state index contributed by atoms with van der Waals surface area (Å²) < 4.78 is 12.0. The number of aliphatic hydroxyl groups excluding tert-OH is 1. The Hall–Kier alpha value is -4.14. The Morgan fingerprint density at radius 1 is 1.08 bits per heavy atom. The average molecular weight is 561 g/mol. The topological polar surface area (TPSA) is 89.0 Å². The predicted molar refractivity (Wildman–Crippen MR) is 154 cm³/mol. The van der Waals surface area contributed by atoms with Crippen molar-refractivity contribution in [1.82, 2.24) is 4.98 Å². The van der Waals surface area contributed by atoms with Gasteiger partial charge in [0.2, 0.25) is 0 Å². The molecular weight excluding hydrogens is 536 g/mol. The van der Waals surface area contributed by atoms with Gasteiger partial charge in [-0.1, -0.05) is 54.6 Å². The van der Waals surface area contributed by atoms with E-state index < -0.39 is 17.7 Å². The molecule has 1 unspecified atom stereocenters. The normalized spacial score (nSPS) is 16.6. The molecule has 5 rings (SSSR count). The zero-order valence-corrected chi connectivity index (χ0v) is 22.7. The van der Waals surface area contributed by atoms with Gasteiger partial charge in [-0.2, -0.15) is 0 Å². The third-order valence-corrected chi connectivity index (χ3v) is 7.41. The van der Waals surface area contributed by atoms with Gasteiger partial charge < -0.3 is 14.6 Å². The van der Waals surface area contributed by atoms with Crippen LogP contribution in [0.2, 0.25) is 5.02 Å². The van der Waals surface area contributed by atoms with Gasteiger partial charge in [0, 0.05) is 10.6 Å². The summed E-state index contributed by atoms with van der Waals surface area (Å²) in [5, 5.41) is 12.3. The molecule has 0 spiro atoms. The smallest absolute Gasteiger partial charge is 0.301 e. The van der Waals surface area contributed by atoms with Crippen LogP contribution >= 0.6 is 22.9 Å². The van der Waals surface area contributed by atoms with Crippen molar-refractivity contribution in [2.75, 3.05) is 18.1 Å². The average Bonchev–Trinajstić information content (AvgIpc) is 3.48. The van der Waals surface area contributed by atoms with Crippen molar-refractivity contribution in [3.05, 3.63) is 101 Å². The quantitative estimate of drug-likeness (QED) is 0.103. The number of thiazole rings is 1. The van der Waals surface area contributed by atoms with Crippen LogP contribution in [0, 0.1) is 0 Å². The molecular formula is C30H25ClN2O5S. The Bertz CT molecular complexity index is 1580. The lowest BCUT2D eigenvalue weighted by atomic mass is 9.95. The highest BCUT2D eigenvalue weighted by Crippen LogP contribution is 2.44. The number of rotatable bonds is 9. The van der Waals surface area contributed by atoms with Gasteiger partial charge in [-0.15, -0.1) is 0 Å². The second-order valence-electron chi connectivity index (χ2n) is 8.82. The fraction of sp³-hybridized carbons (Fsp3) is 0.167. The monoisotopic (exact) mass is 560 g/mol. The van der Waals surface area contributed by atoms with Crippen molar-refractivity contribution >= 4 is 55.7 Å². The van der Waals surface area contributed by atoms with E-state index >= 15 is 0 Å². The van der Waals surface area contributed by atoms with Gasteiger partial charge >= 0.3 is 5.91 Å². The maximum atomic E-state index is 13.5. The number of hydrogen-bond acceptors (Lipinski definition) is 7. The van der Waals surface area contributed by atoms with E-state index in [0.717, 1.165) is 11.1 Å². The predicted octanol–water partition coefficient (Wildman–Crippen LogP) is 6.93. The fourth-order valence-electron chi connectivity index (χ4n) is 4.32. The maximum Gasteiger partial charge on any atom is 0.301 e. The summed E-state index contributed by atoms with van der Waals surface area (Å²) in [6.07, 6.45) is 2.50. The van der Waals surface area contributed by atoms with E-state index in [4.69, 9.17) is 21.1 Å². The minimum Gasteiger partial charge on any atom is -0.507 e. The molecule has 1 saturated heterocycles. The first-order valence-electron chi connectivity index (χ1n) is 12.3. The number of ketones is 1. The molecule has 0 radical (unpaired) electrons. The van der Waals surface area contributed by atoms with E-state index in [0.29, 0.717) is 51.5 Å². The third-order valence-electron chi connectivity index (χ3n) is 6.15. The van der Waals surface area contributed by atoms with Gasteiger partial charge in [-0.05, 0) is 66.6 Å². The number of carbonyl (C=O) groups excluding carboxylic acids is 2. The minimum absolute atomic E-state index is 0.0284. The van der Waals surface area contributed by atoms with Crippen molar-refractivity contribution in [2.24, 2.45) is 0 Å². The Balaban J connectivity index is 1.62. The third kappa shape index (κ3) is 5.26. The highest BCUT2D eigenvalue weighted by Gasteiger charge is 2.48. The van der Waals surface area contributed by atoms with Crippen LogP contribution in [0.5, 0.6) is 11.5 Å². The number of amides is 1. The van der Waals surface area contributed by atoms with E-state index in [2.05, 4.69) is 11.6 Å². The molecule has 1 fully saturated rings. The lowest BCUT2D eigenvalue weighted by Crippen LogP contribution is -2.29. The molecule has 4 aromatic rings. The lowest BCUT2D eigenvalue weighted by Gasteiger charge is -2.23. The molecule has 0 aliphatic carbocycles. The molecule has 0 bridgehead atoms. The van der Waals surface area contributed by atoms with Crippen LogP contribution in [-0.2, 0) is 9.59 Å². The Kier molecular flexibility index (Phi) is 7.67. The van der Waals surface area contributed by atoms with E-state index in [1.807, 2.05) is 6.92 Å². The van der Waals surface area contributed by atoms with Gasteiger partial charge in [0.15, 0.2) is 5.13 Å². The van der Waals surface area contributed by atoms with Crippen LogP contribution in [0.3, 0.4) is 0 Å². The number of carbonyl (C=O) groups is 2. The van der Waals surface area contributed by atoms with Crippen LogP contribution in [-0.4, -0.2) is 35.0 Å². The standard InChI is InChI=1S/C30H25ClN2O5S/c1-3-15-37-21-10-5-18(6-11-21)26-25(27(34)19-7-12-22(13-8-19)38-16-4-2)28(35)29(36)33(26)30-32-23-14-9-20(31)17-24(23)39-30/h3,5-14,17,26,34H,1,4,15-16H2,2H3. The SMILES string of the molecule is C=CCOc1ccc(C2C(=C(O)c3ccc(OCCC)cc3)C(=O)C(=O)N2c2nc3ccc(Cl)cc3s2)cc1. The second-order valence-corrected chi connectivity index (χ2v) is 10.3. The summed E-state index contributed by atoms with van der Waals surface area (Å²) >= 11 is 7.41. The molecule has 1 atom stereocenters.